The number of anilines is 1. The number of benzene rings is 2. The van der Waals surface area contributed by atoms with E-state index in [1.807, 2.05) is 17.9 Å². The highest BCUT2D eigenvalue weighted by molar-refractivity contribution is 5.94. The van der Waals surface area contributed by atoms with E-state index in [0.29, 0.717) is 6.42 Å². The van der Waals surface area contributed by atoms with Gasteiger partial charge in [-0.15, -0.1) is 0 Å². The molecule has 3 nitrogen and oxygen atoms in total. The van der Waals surface area contributed by atoms with Crippen LogP contribution in [0.2, 0.25) is 0 Å². The summed E-state index contributed by atoms with van der Waals surface area (Å²) in [6, 6.07) is 15.3. The Morgan fingerprint density at radius 2 is 1.85 bits per heavy atom. The van der Waals surface area contributed by atoms with Crippen LogP contribution in [0.4, 0.5) is 10.1 Å². The highest BCUT2D eigenvalue weighted by atomic mass is 19.1. The molecule has 0 radical (unpaired) electrons. The van der Waals surface area contributed by atoms with E-state index in [1.165, 1.54) is 11.6 Å². The lowest BCUT2D eigenvalue weighted by molar-refractivity contribution is -0.119. The molecule has 1 aliphatic heterocycles. The fourth-order valence-corrected chi connectivity index (χ4v) is 3.83. The van der Waals surface area contributed by atoms with Crippen LogP contribution >= 0.6 is 0 Å². The van der Waals surface area contributed by atoms with E-state index in [1.54, 1.807) is 12.1 Å². The Morgan fingerprint density at radius 1 is 1.15 bits per heavy atom. The zero-order valence-corrected chi connectivity index (χ0v) is 16.3. The van der Waals surface area contributed by atoms with Gasteiger partial charge in [-0.25, -0.2) is 4.39 Å². The highest BCUT2D eigenvalue weighted by Gasteiger charge is 2.28. The van der Waals surface area contributed by atoms with E-state index in [0.717, 1.165) is 50.1 Å². The number of carbonyl (C=O) groups is 1. The Hall–Kier alpha value is -2.20. The first-order chi connectivity index (χ1) is 13.1. The zero-order valence-electron chi connectivity index (χ0n) is 16.3. The van der Waals surface area contributed by atoms with Crippen molar-refractivity contribution < 1.29 is 9.18 Å². The minimum absolute atomic E-state index is 0.182. The summed E-state index contributed by atoms with van der Waals surface area (Å²) < 4.78 is 13.4. The molecule has 0 unspecified atom stereocenters. The molecule has 1 amide bonds. The van der Waals surface area contributed by atoms with E-state index in [4.69, 9.17) is 0 Å². The van der Waals surface area contributed by atoms with Gasteiger partial charge < -0.3 is 4.90 Å². The molecule has 0 bridgehead atoms. The molecule has 1 aliphatic rings. The Kier molecular flexibility index (Phi) is 6.62. The predicted octanol–water partition coefficient (Wildman–Crippen LogP) is 4.93. The minimum Gasteiger partial charge on any atom is -0.309 e. The molecule has 0 atom stereocenters. The van der Waals surface area contributed by atoms with Crippen molar-refractivity contribution in [2.24, 2.45) is 0 Å². The van der Waals surface area contributed by atoms with E-state index in [2.05, 4.69) is 36.1 Å². The summed E-state index contributed by atoms with van der Waals surface area (Å²) in [5.74, 6) is 0.0306. The van der Waals surface area contributed by atoms with Gasteiger partial charge in [-0.1, -0.05) is 36.8 Å². The third kappa shape index (κ3) is 5.16. The molecule has 2 aromatic carbocycles. The predicted molar refractivity (Wildman–Crippen MR) is 108 cm³/mol. The van der Waals surface area contributed by atoms with Crippen molar-refractivity contribution in [3.63, 3.8) is 0 Å². The number of carbonyl (C=O) groups excluding carboxylic acids is 1. The number of nitrogens with zero attached hydrogens (tertiary/aromatic N) is 2. The molecule has 3 rings (SSSR count). The van der Waals surface area contributed by atoms with Crippen molar-refractivity contribution in [2.75, 3.05) is 18.0 Å². The number of halogens is 1. The average molecular weight is 368 g/mol. The van der Waals surface area contributed by atoms with Crippen LogP contribution in [-0.4, -0.2) is 29.9 Å². The Labute approximate surface area is 161 Å². The van der Waals surface area contributed by atoms with E-state index in [-0.39, 0.29) is 17.8 Å². The van der Waals surface area contributed by atoms with Gasteiger partial charge in [0.2, 0.25) is 5.91 Å². The molecule has 1 saturated heterocycles. The average Bonchev–Trinajstić information content (AvgIpc) is 2.65. The zero-order chi connectivity index (χ0) is 19.2. The van der Waals surface area contributed by atoms with Crippen molar-refractivity contribution in [1.29, 1.82) is 0 Å². The summed E-state index contributed by atoms with van der Waals surface area (Å²) in [5.41, 5.74) is 3.21. The molecule has 2 aromatic rings. The van der Waals surface area contributed by atoms with Crippen LogP contribution in [0, 0.1) is 12.7 Å². The fourth-order valence-electron chi connectivity index (χ4n) is 3.83. The minimum atomic E-state index is -0.182. The number of hydrogen-bond donors (Lipinski definition) is 0. The lowest BCUT2D eigenvalue weighted by Gasteiger charge is -2.38. The fraction of sp³-hybridized carbons (Fsp3) is 0.435. The molecule has 0 spiro atoms. The van der Waals surface area contributed by atoms with Gasteiger partial charge in [-0.3, -0.25) is 9.69 Å². The van der Waals surface area contributed by atoms with Crippen molar-refractivity contribution in [3.8, 4) is 0 Å². The first-order valence-electron chi connectivity index (χ1n) is 9.92. The first kappa shape index (κ1) is 19.6. The molecular formula is C23H29FN2O. The monoisotopic (exact) mass is 368 g/mol. The topological polar surface area (TPSA) is 23.6 Å². The Balaban J connectivity index is 1.66. The van der Waals surface area contributed by atoms with Gasteiger partial charge in [0.15, 0.2) is 0 Å². The number of rotatable bonds is 6. The number of aryl methyl sites for hydroxylation is 1. The molecule has 0 aromatic heterocycles. The standard InChI is InChI=1S/C23H29FN2O/c1-3-5-23(27)26(21-10-8-18(2)9-11-21)22-12-14-25(15-13-22)17-19-6-4-7-20(24)16-19/h4,6-11,16,22H,3,5,12-15,17H2,1-2H3. The summed E-state index contributed by atoms with van der Waals surface area (Å²) in [6.45, 7) is 6.71. The maximum atomic E-state index is 13.4. The molecule has 4 heteroatoms. The van der Waals surface area contributed by atoms with Gasteiger partial charge in [-0.05, 0) is 56.0 Å². The lowest BCUT2D eigenvalue weighted by atomic mass is 10.0. The van der Waals surface area contributed by atoms with Crippen molar-refractivity contribution >= 4 is 11.6 Å². The van der Waals surface area contributed by atoms with Crippen LogP contribution in [0.1, 0.15) is 43.7 Å². The normalized spacial score (nSPS) is 15.7. The quantitative estimate of drug-likeness (QED) is 0.722. The first-order valence-corrected chi connectivity index (χ1v) is 9.92. The van der Waals surface area contributed by atoms with Gasteiger partial charge in [0.25, 0.3) is 0 Å². The van der Waals surface area contributed by atoms with Crippen LogP contribution in [0.3, 0.4) is 0 Å². The van der Waals surface area contributed by atoms with Gasteiger partial charge in [-0.2, -0.15) is 0 Å². The summed E-state index contributed by atoms with van der Waals surface area (Å²) in [5, 5.41) is 0. The number of piperidine rings is 1. The molecular weight excluding hydrogens is 339 g/mol. The van der Waals surface area contributed by atoms with Gasteiger partial charge in [0.05, 0.1) is 0 Å². The van der Waals surface area contributed by atoms with Crippen molar-refractivity contribution in [2.45, 2.75) is 52.1 Å². The van der Waals surface area contributed by atoms with Gasteiger partial charge >= 0.3 is 0 Å². The van der Waals surface area contributed by atoms with E-state index >= 15 is 0 Å². The Morgan fingerprint density at radius 3 is 2.48 bits per heavy atom. The second-order valence-corrected chi connectivity index (χ2v) is 7.49. The third-order valence-corrected chi connectivity index (χ3v) is 5.26. The van der Waals surface area contributed by atoms with E-state index in [9.17, 15) is 9.18 Å². The summed E-state index contributed by atoms with van der Waals surface area (Å²) in [6.07, 6.45) is 3.33. The van der Waals surface area contributed by atoms with Crippen LogP contribution in [0.25, 0.3) is 0 Å². The lowest BCUT2D eigenvalue weighted by Crippen LogP contribution is -2.47. The SMILES string of the molecule is CCCC(=O)N(c1ccc(C)cc1)C1CCN(Cc2cccc(F)c2)CC1. The molecule has 1 fully saturated rings. The molecule has 1 heterocycles. The summed E-state index contributed by atoms with van der Waals surface area (Å²) in [7, 11) is 0. The molecule has 0 saturated carbocycles. The van der Waals surface area contributed by atoms with E-state index < -0.39 is 0 Å². The van der Waals surface area contributed by atoms with Crippen molar-refractivity contribution in [1.82, 2.24) is 4.90 Å². The maximum absolute atomic E-state index is 13.4. The van der Waals surface area contributed by atoms with Gasteiger partial charge in [0.1, 0.15) is 5.82 Å². The van der Waals surface area contributed by atoms with Gasteiger partial charge in [0, 0.05) is 37.8 Å². The Bertz CT molecular complexity index is 751. The number of likely N-dealkylation sites (tertiary alicyclic amines) is 1. The van der Waals surface area contributed by atoms with Crippen LogP contribution in [0.15, 0.2) is 48.5 Å². The van der Waals surface area contributed by atoms with Crippen LogP contribution in [-0.2, 0) is 11.3 Å². The smallest absolute Gasteiger partial charge is 0.227 e. The second kappa shape index (κ2) is 9.14. The highest BCUT2D eigenvalue weighted by Crippen LogP contribution is 2.26. The largest absolute Gasteiger partial charge is 0.309 e. The molecule has 0 aliphatic carbocycles. The maximum Gasteiger partial charge on any atom is 0.227 e. The molecule has 144 valence electrons. The number of amides is 1. The number of hydrogen-bond acceptors (Lipinski definition) is 2. The molecule has 0 N–H and O–H groups in total. The molecule has 27 heavy (non-hydrogen) atoms. The van der Waals surface area contributed by atoms with Crippen LogP contribution < -0.4 is 4.90 Å². The van der Waals surface area contributed by atoms with Crippen molar-refractivity contribution in [3.05, 3.63) is 65.5 Å². The second-order valence-electron chi connectivity index (χ2n) is 7.49. The summed E-state index contributed by atoms with van der Waals surface area (Å²) >= 11 is 0. The third-order valence-electron chi connectivity index (χ3n) is 5.26. The summed E-state index contributed by atoms with van der Waals surface area (Å²) in [4.78, 5) is 17.2. The van der Waals surface area contributed by atoms with Crippen LogP contribution in [0.5, 0.6) is 0 Å².